The van der Waals surface area contributed by atoms with Gasteiger partial charge in [0, 0.05) is 12.8 Å². The third-order valence-electron chi connectivity index (χ3n) is 13.9. The standard InChI is InChI=1S/C45H76O2/c1-7-8-9-10-11-12-13-14-15-16-17-18-19-20-21-25-43(46)47-38-30-32-44(5)37(34-38)26-27-39-41-29-28-40(36(4)24-22-23-35(2)3)45(41,6)33-31-42(39)44/h11-12,14-15,26,35-36,38-42H,7-10,13,16-25,27-34H2,1-6H3/b12-11+,15-14-. The van der Waals surface area contributed by atoms with Crippen LogP contribution >= 0.6 is 0 Å². The van der Waals surface area contributed by atoms with E-state index in [0.29, 0.717) is 17.3 Å². The normalized spacial score (nSPS) is 32.7. The Labute approximate surface area is 292 Å². The van der Waals surface area contributed by atoms with Gasteiger partial charge in [-0.15, -0.1) is 0 Å². The smallest absolute Gasteiger partial charge is 0.306 e. The van der Waals surface area contributed by atoms with Gasteiger partial charge in [0.25, 0.3) is 0 Å². The molecule has 0 aromatic rings. The summed E-state index contributed by atoms with van der Waals surface area (Å²) in [6.07, 6.45) is 40.5. The molecular formula is C45H76O2. The van der Waals surface area contributed by atoms with Gasteiger partial charge < -0.3 is 4.74 Å². The van der Waals surface area contributed by atoms with E-state index in [0.717, 1.165) is 67.6 Å². The van der Waals surface area contributed by atoms with Crippen molar-refractivity contribution in [3.63, 3.8) is 0 Å². The van der Waals surface area contributed by atoms with Gasteiger partial charge in [0.1, 0.15) is 6.10 Å². The second-order valence-corrected chi connectivity index (χ2v) is 17.6. The third kappa shape index (κ3) is 10.6. The maximum absolute atomic E-state index is 12.8. The lowest BCUT2D eigenvalue weighted by Crippen LogP contribution is -2.51. The summed E-state index contributed by atoms with van der Waals surface area (Å²) >= 11 is 0. The van der Waals surface area contributed by atoms with E-state index in [9.17, 15) is 4.79 Å². The fourth-order valence-electron chi connectivity index (χ4n) is 11.1. The number of fused-ring (bicyclic) bond motifs is 5. The van der Waals surface area contributed by atoms with Gasteiger partial charge in [-0.05, 0) is 130 Å². The van der Waals surface area contributed by atoms with Crippen molar-refractivity contribution in [2.24, 2.45) is 46.3 Å². The minimum absolute atomic E-state index is 0.0477. The summed E-state index contributed by atoms with van der Waals surface area (Å²) in [6, 6.07) is 0. The fourth-order valence-corrected chi connectivity index (χ4v) is 11.1. The monoisotopic (exact) mass is 649 g/mol. The Hall–Kier alpha value is -1.31. The molecule has 4 aliphatic rings. The largest absolute Gasteiger partial charge is 0.462 e. The van der Waals surface area contributed by atoms with Gasteiger partial charge in [-0.1, -0.05) is 129 Å². The number of hydrogen-bond acceptors (Lipinski definition) is 2. The summed E-state index contributed by atoms with van der Waals surface area (Å²) in [6.45, 7) is 14.9. The van der Waals surface area contributed by atoms with Crippen molar-refractivity contribution in [3.8, 4) is 0 Å². The number of esters is 1. The van der Waals surface area contributed by atoms with Crippen LogP contribution in [0.5, 0.6) is 0 Å². The van der Waals surface area contributed by atoms with Crippen molar-refractivity contribution >= 4 is 5.97 Å². The van der Waals surface area contributed by atoms with Gasteiger partial charge in [0.2, 0.25) is 0 Å². The van der Waals surface area contributed by atoms with Crippen LogP contribution in [0.25, 0.3) is 0 Å². The van der Waals surface area contributed by atoms with E-state index in [1.165, 1.54) is 109 Å². The summed E-state index contributed by atoms with van der Waals surface area (Å²) in [5.41, 5.74) is 2.52. The Morgan fingerprint density at radius 2 is 1.55 bits per heavy atom. The molecule has 0 radical (unpaired) electrons. The van der Waals surface area contributed by atoms with Gasteiger partial charge in [-0.3, -0.25) is 4.79 Å². The zero-order valence-corrected chi connectivity index (χ0v) is 32.0. The van der Waals surface area contributed by atoms with Crippen LogP contribution in [0.2, 0.25) is 0 Å². The van der Waals surface area contributed by atoms with E-state index in [1.54, 1.807) is 5.57 Å². The molecule has 0 aliphatic heterocycles. The van der Waals surface area contributed by atoms with Crippen LogP contribution in [0.3, 0.4) is 0 Å². The van der Waals surface area contributed by atoms with Gasteiger partial charge in [-0.2, -0.15) is 0 Å². The zero-order valence-electron chi connectivity index (χ0n) is 32.0. The van der Waals surface area contributed by atoms with E-state index in [-0.39, 0.29) is 12.1 Å². The highest BCUT2D eigenvalue weighted by Gasteiger charge is 2.59. The molecule has 0 aromatic carbocycles. The molecule has 3 saturated carbocycles. The molecule has 4 aliphatic carbocycles. The molecule has 0 bridgehead atoms. The molecule has 0 spiro atoms. The molecule has 8 atom stereocenters. The topological polar surface area (TPSA) is 26.3 Å². The number of allylic oxidation sites excluding steroid dienone is 5. The average Bonchev–Trinajstić information content (AvgIpc) is 3.40. The first-order chi connectivity index (χ1) is 22.7. The first-order valence-electron chi connectivity index (χ1n) is 20.9. The molecule has 47 heavy (non-hydrogen) atoms. The lowest BCUT2D eigenvalue weighted by atomic mass is 9.47. The molecule has 0 amide bonds. The van der Waals surface area contributed by atoms with E-state index in [4.69, 9.17) is 4.74 Å². The van der Waals surface area contributed by atoms with Crippen LogP contribution in [0.4, 0.5) is 0 Å². The molecule has 0 aromatic heterocycles. The predicted octanol–water partition coefficient (Wildman–Crippen LogP) is 13.8. The number of rotatable bonds is 20. The molecule has 0 N–H and O–H groups in total. The molecule has 268 valence electrons. The highest BCUT2D eigenvalue weighted by Crippen LogP contribution is 2.67. The first-order valence-corrected chi connectivity index (χ1v) is 20.9. The summed E-state index contributed by atoms with van der Waals surface area (Å²) in [5.74, 6) is 5.30. The molecular weight excluding hydrogens is 572 g/mol. The molecule has 2 heteroatoms. The van der Waals surface area contributed by atoms with Gasteiger partial charge >= 0.3 is 5.97 Å². The number of hydrogen-bond donors (Lipinski definition) is 0. The van der Waals surface area contributed by atoms with Crippen LogP contribution in [0.15, 0.2) is 36.0 Å². The Balaban J connectivity index is 1.13. The number of carbonyl (C=O) groups excluding carboxylic acids is 1. The second kappa shape index (κ2) is 19.2. The minimum Gasteiger partial charge on any atom is -0.462 e. The molecule has 0 heterocycles. The Kier molecular flexibility index (Phi) is 15.7. The van der Waals surface area contributed by atoms with Gasteiger partial charge in [-0.25, -0.2) is 0 Å². The Bertz CT molecular complexity index is 1020. The third-order valence-corrected chi connectivity index (χ3v) is 13.9. The fraction of sp³-hybridized carbons (Fsp3) is 0.844. The minimum atomic E-state index is 0.0477. The van der Waals surface area contributed by atoms with Crippen LogP contribution in [0.1, 0.15) is 189 Å². The predicted molar refractivity (Wildman–Crippen MR) is 202 cm³/mol. The van der Waals surface area contributed by atoms with Gasteiger partial charge in [0.05, 0.1) is 0 Å². The van der Waals surface area contributed by atoms with Crippen molar-refractivity contribution < 1.29 is 9.53 Å². The lowest BCUT2D eigenvalue weighted by Gasteiger charge is -2.58. The summed E-state index contributed by atoms with van der Waals surface area (Å²) < 4.78 is 6.12. The van der Waals surface area contributed by atoms with Crippen molar-refractivity contribution in [1.29, 1.82) is 0 Å². The maximum Gasteiger partial charge on any atom is 0.306 e. The van der Waals surface area contributed by atoms with E-state index in [1.807, 2.05) is 0 Å². The Morgan fingerprint density at radius 3 is 2.30 bits per heavy atom. The van der Waals surface area contributed by atoms with Crippen LogP contribution in [-0.4, -0.2) is 12.1 Å². The van der Waals surface area contributed by atoms with Crippen LogP contribution in [0, 0.1) is 46.3 Å². The van der Waals surface area contributed by atoms with Crippen molar-refractivity contribution in [2.75, 3.05) is 0 Å². The van der Waals surface area contributed by atoms with E-state index in [2.05, 4.69) is 71.9 Å². The van der Waals surface area contributed by atoms with Crippen molar-refractivity contribution in [3.05, 3.63) is 36.0 Å². The molecule has 8 unspecified atom stereocenters. The summed E-state index contributed by atoms with van der Waals surface area (Å²) in [5, 5.41) is 0. The van der Waals surface area contributed by atoms with Crippen molar-refractivity contribution in [2.45, 2.75) is 195 Å². The van der Waals surface area contributed by atoms with E-state index < -0.39 is 0 Å². The lowest BCUT2D eigenvalue weighted by molar-refractivity contribution is -0.151. The second-order valence-electron chi connectivity index (χ2n) is 17.6. The van der Waals surface area contributed by atoms with E-state index >= 15 is 0 Å². The highest BCUT2D eigenvalue weighted by atomic mass is 16.5. The van der Waals surface area contributed by atoms with Crippen LogP contribution < -0.4 is 0 Å². The summed E-state index contributed by atoms with van der Waals surface area (Å²) in [4.78, 5) is 12.8. The SMILES string of the molecule is CCCCC/C=C/C/C=C\CCCCCCCC(=O)OC1CCC2(C)C(=CCC3C2CCC2(C)C(C(C)CCCC(C)C)CCC32)C1. The molecule has 2 nitrogen and oxygen atoms in total. The maximum atomic E-state index is 12.8. The summed E-state index contributed by atoms with van der Waals surface area (Å²) in [7, 11) is 0. The number of ether oxygens (including phenoxy) is 1. The quantitative estimate of drug-likeness (QED) is 0.0746. The molecule has 3 fully saturated rings. The number of unbranched alkanes of at least 4 members (excludes halogenated alkanes) is 8. The average molecular weight is 649 g/mol. The molecule has 4 rings (SSSR count). The first kappa shape index (κ1) is 38.5. The Morgan fingerprint density at radius 1 is 0.830 bits per heavy atom. The highest BCUT2D eigenvalue weighted by molar-refractivity contribution is 5.69. The van der Waals surface area contributed by atoms with Crippen LogP contribution in [-0.2, 0) is 9.53 Å². The van der Waals surface area contributed by atoms with Crippen molar-refractivity contribution in [1.82, 2.24) is 0 Å². The molecule has 0 saturated heterocycles. The van der Waals surface area contributed by atoms with Gasteiger partial charge in [0.15, 0.2) is 0 Å². The number of carbonyl (C=O) groups is 1. The zero-order chi connectivity index (χ0) is 33.7.